The van der Waals surface area contributed by atoms with Crippen LogP contribution in [0.5, 0.6) is 0 Å². The number of carbonyl (C=O) groups is 1. The normalized spacial score (nSPS) is 38.0. The summed E-state index contributed by atoms with van der Waals surface area (Å²) in [6, 6.07) is 0.347. The van der Waals surface area contributed by atoms with Gasteiger partial charge in [-0.25, -0.2) is 0 Å². The first-order valence-corrected chi connectivity index (χ1v) is 11.0. The van der Waals surface area contributed by atoms with Gasteiger partial charge in [0.1, 0.15) is 12.3 Å². The first kappa shape index (κ1) is 20.1. The molecule has 4 N–H and O–H groups in total. The summed E-state index contributed by atoms with van der Waals surface area (Å²) in [6.45, 7) is 4.33. The molecular weight excluding hydrogens is 326 g/mol. The summed E-state index contributed by atoms with van der Waals surface area (Å²) >= 11 is 0. The van der Waals surface area contributed by atoms with Gasteiger partial charge in [-0.15, -0.1) is 0 Å². The van der Waals surface area contributed by atoms with E-state index in [9.17, 15) is 9.90 Å². The van der Waals surface area contributed by atoms with E-state index in [-0.39, 0.29) is 6.29 Å². The van der Waals surface area contributed by atoms with Gasteiger partial charge in [-0.2, -0.15) is 0 Å². The van der Waals surface area contributed by atoms with Gasteiger partial charge in [0, 0.05) is 12.1 Å². The summed E-state index contributed by atoms with van der Waals surface area (Å²) in [4.78, 5) is 11.9. The molecule has 2 saturated carbocycles. The lowest BCUT2D eigenvalue weighted by atomic mass is 9.69. The number of carboxylic acid groups (broad SMARTS) is 1. The van der Waals surface area contributed by atoms with E-state index in [0.29, 0.717) is 18.0 Å². The van der Waals surface area contributed by atoms with Crippen LogP contribution in [-0.4, -0.2) is 35.5 Å². The molecule has 5 atom stereocenters. The highest BCUT2D eigenvalue weighted by Gasteiger charge is 2.33. The predicted octanol–water partition coefficient (Wildman–Crippen LogP) is 3.45. The predicted molar refractivity (Wildman–Crippen MR) is 105 cm³/mol. The van der Waals surface area contributed by atoms with Crippen molar-refractivity contribution < 1.29 is 9.90 Å². The molecule has 1 heterocycles. The first-order valence-electron chi connectivity index (χ1n) is 11.0. The number of nitrogens with one attached hydrogen (secondary N) is 3. The van der Waals surface area contributed by atoms with Crippen LogP contribution in [0.2, 0.25) is 0 Å². The first-order chi connectivity index (χ1) is 12.5. The van der Waals surface area contributed by atoms with Crippen LogP contribution in [0.25, 0.3) is 0 Å². The van der Waals surface area contributed by atoms with Gasteiger partial charge in [0.05, 0.1) is 0 Å². The molecule has 0 bridgehead atoms. The summed E-state index contributed by atoms with van der Waals surface area (Å²) in [5, 5.41) is 20.0. The van der Waals surface area contributed by atoms with Crippen molar-refractivity contribution in [1.29, 1.82) is 0 Å². The molecule has 0 radical (unpaired) electrons. The Morgan fingerprint density at radius 1 is 0.962 bits per heavy atom. The molecule has 26 heavy (non-hydrogen) atoms. The van der Waals surface area contributed by atoms with Crippen molar-refractivity contribution >= 4 is 5.97 Å². The van der Waals surface area contributed by atoms with Gasteiger partial charge in [-0.3, -0.25) is 20.7 Å². The van der Waals surface area contributed by atoms with E-state index >= 15 is 0 Å². The van der Waals surface area contributed by atoms with Gasteiger partial charge >= 0.3 is 5.97 Å². The standard InChI is InChI=1S/C21H39N3O2/c1-14-11-15(2)23-21(22-14)24-19(20(25)26)13-16-7-6-10-18(12-16)17-8-4-3-5-9-17/h14-19,21-24H,3-13H2,1-2H3,(H,25,26). The molecule has 5 heteroatoms. The van der Waals surface area contributed by atoms with E-state index in [4.69, 9.17) is 0 Å². The Morgan fingerprint density at radius 2 is 1.62 bits per heavy atom. The lowest BCUT2D eigenvalue weighted by Gasteiger charge is -2.39. The Morgan fingerprint density at radius 3 is 2.27 bits per heavy atom. The van der Waals surface area contributed by atoms with Crippen molar-refractivity contribution in [3.8, 4) is 0 Å². The summed E-state index contributed by atoms with van der Waals surface area (Å²) < 4.78 is 0. The highest BCUT2D eigenvalue weighted by Crippen LogP contribution is 2.41. The lowest BCUT2D eigenvalue weighted by Crippen LogP contribution is -2.65. The molecule has 3 aliphatic rings. The fourth-order valence-corrected chi connectivity index (χ4v) is 5.73. The Balaban J connectivity index is 1.52. The van der Waals surface area contributed by atoms with E-state index in [1.807, 2.05) is 0 Å². The molecular formula is C21H39N3O2. The zero-order valence-electron chi connectivity index (χ0n) is 16.7. The van der Waals surface area contributed by atoms with Crippen LogP contribution >= 0.6 is 0 Å². The summed E-state index contributed by atoms with van der Waals surface area (Å²) in [6.07, 6.45) is 13.9. The van der Waals surface area contributed by atoms with Crippen molar-refractivity contribution in [3.05, 3.63) is 0 Å². The molecule has 2 aliphatic carbocycles. The van der Waals surface area contributed by atoms with Crippen LogP contribution in [0.3, 0.4) is 0 Å². The quantitative estimate of drug-likeness (QED) is 0.580. The fraction of sp³-hybridized carbons (Fsp3) is 0.952. The number of aliphatic carboxylic acids is 1. The number of carboxylic acids is 1. The Labute approximate surface area is 159 Å². The van der Waals surface area contributed by atoms with Crippen LogP contribution in [0.1, 0.15) is 84.5 Å². The minimum absolute atomic E-state index is 0.104. The third-order valence-corrected chi connectivity index (χ3v) is 6.98. The smallest absolute Gasteiger partial charge is 0.320 e. The van der Waals surface area contributed by atoms with Crippen molar-refractivity contribution in [1.82, 2.24) is 16.0 Å². The monoisotopic (exact) mass is 365 g/mol. The molecule has 0 aromatic rings. The third kappa shape index (κ3) is 5.67. The average Bonchev–Trinajstić information content (AvgIpc) is 2.61. The van der Waals surface area contributed by atoms with Crippen LogP contribution in [0.15, 0.2) is 0 Å². The zero-order chi connectivity index (χ0) is 18.5. The second-order valence-electron chi connectivity index (χ2n) is 9.29. The number of rotatable bonds is 6. The molecule has 3 fully saturated rings. The van der Waals surface area contributed by atoms with Gasteiger partial charge in [-0.1, -0.05) is 51.4 Å². The molecule has 0 aromatic carbocycles. The molecule has 0 spiro atoms. The van der Waals surface area contributed by atoms with Crippen molar-refractivity contribution in [2.45, 2.75) is 109 Å². The highest BCUT2D eigenvalue weighted by molar-refractivity contribution is 5.73. The van der Waals surface area contributed by atoms with E-state index in [1.54, 1.807) is 0 Å². The van der Waals surface area contributed by atoms with Crippen molar-refractivity contribution in [2.75, 3.05) is 0 Å². The Bertz CT molecular complexity index is 443. The summed E-state index contributed by atoms with van der Waals surface area (Å²) in [5.41, 5.74) is 0. The third-order valence-electron chi connectivity index (χ3n) is 6.98. The molecule has 5 nitrogen and oxygen atoms in total. The van der Waals surface area contributed by atoms with Gasteiger partial charge < -0.3 is 5.11 Å². The second-order valence-corrected chi connectivity index (χ2v) is 9.29. The highest BCUT2D eigenvalue weighted by atomic mass is 16.4. The molecule has 1 aliphatic heterocycles. The molecule has 5 unspecified atom stereocenters. The topological polar surface area (TPSA) is 73.4 Å². The molecule has 0 aromatic heterocycles. The van der Waals surface area contributed by atoms with E-state index in [2.05, 4.69) is 29.8 Å². The van der Waals surface area contributed by atoms with Crippen LogP contribution < -0.4 is 16.0 Å². The number of hydrogen-bond acceptors (Lipinski definition) is 4. The Kier molecular flexibility index (Phi) is 7.35. The maximum Gasteiger partial charge on any atom is 0.320 e. The Hall–Kier alpha value is -0.650. The van der Waals surface area contributed by atoms with Crippen LogP contribution in [0.4, 0.5) is 0 Å². The largest absolute Gasteiger partial charge is 0.480 e. The maximum atomic E-state index is 11.9. The van der Waals surface area contributed by atoms with Crippen LogP contribution in [0, 0.1) is 17.8 Å². The molecule has 1 saturated heterocycles. The number of hydrogen-bond donors (Lipinski definition) is 4. The molecule has 150 valence electrons. The maximum absolute atomic E-state index is 11.9. The van der Waals surface area contributed by atoms with Crippen LogP contribution in [-0.2, 0) is 4.79 Å². The SMILES string of the molecule is CC1CC(C)NC(NC(CC2CCCC(C3CCCCC3)C2)C(=O)O)N1. The van der Waals surface area contributed by atoms with Gasteiger partial charge in [0.25, 0.3) is 0 Å². The van der Waals surface area contributed by atoms with E-state index in [0.717, 1.165) is 24.7 Å². The van der Waals surface area contributed by atoms with Crippen molar-refractivity contribution in [2.24, 2.45) is 17.8 Å². The van der Waals surface area contributed by atoms with E-state index < -0.39 is 12.0 Å². The summed E-state index contributed by atoms with van der Waals surface area (Å²) in [7, 11) is 0. The minimum atomic E-state index is -0.709. The van der Waals surface area contributed by atoms with Gasteiger partial charge in [0.15, 0.2) is 0 Å². The van der Waals surface area contributed by atoms with E-state index in [1.165, 1.54) is 57.8 Å². The summed E-state index contributed by atoms with van der Waals surface area (Å²) in [5.74, 6) is 1.60. The minimum Gasteiger partial charge on any atom is -0.480 e. The average molecular weight is 366 g/mol. The lowest BCUT2D eigenvalue weighted by molar-refractivity contribution is -0.140. The molecule has 3 rings (SSSR count). The second kappa shape index (κ2) is 9.52. The van der Waals surface area contributed by atoms with Crippen molar-refractivity contribution in [3.63, 3.8) is 0 Å². The molecule has 0 amide bonds. The fourth-order valence-electron chi connectivity index (χ4n) is 5.73. The van der Waals surface area contributed by atoms with Gasteiger partial charge in [0.2, 0.25) is 0 Å². The van der Waals surface area contributed by atoms with Gasteiger partial charge in [-0.05, 0) is 50.9 Å². The zero-order valence-corrected chi connectivity index (χ0v) is 16.7.